The number of hydrogen-bond acceptors (Lipinski definition) is 4. The van der Waals surface area contributed by atoms with Gasteiger partial charge in [0.15, 0.2) is 0 Å². The first-order chi connectivity index (χ1) is 9.80. The highest BCUT2D eigenvalue weighted by molar-refractivity contribution is 7.10. The number of rotatable bonds is 7. The van der Waals surface area contributed by atoms with Crippen molar-refractivity contribution in [2.75, 3.05) is 20.8 Å². The van der Waals surface area contributed by atoms with Gasteiger partial charge in [-0.1, -0.05) is 19.1 Å². The summed E-state index contributed by atoms with van der Waals surface area (Å²) in [7, 11) is 3.41. The lowest BCUT2D eigenvalue weighted by Gasteiger charge is -2.19. The molecule has 1 N–H and O–H groups in total. The molecule has 3 nitrogen and oxygen atoms in total. The predicted molar refractivity (Wildman–Crippen MR) is 84.0 cm³/mol. The summed E-state index contributed by atoms with van der Waals surface area (Å²) in [6.07, 6.45) is 1.09. The van der Waals surface area contributed by atoms with Crippen molar-refractivity contribution in [3.8, 4) is 11.5 Å². The van der Waals surface area contributed by atoms with Crippen LogP contribution in [-0.4, -0.2) is 20.8 Å². The quantitative estimate of drug-likeness (QED) is 0.840. The summed E-state index contributed by atoms with van der Waals surface area (Å²) in [5.74, 6) is 1.81. The lowest BCUT2D eigenvalue weighted by atomic mass is 10.0. The summed E-state index contributed by atoms with van der Waals surface area (Å²) >= 11 is 1.71. The van der Waals surface area contributed by atoms with Crippen LogP contribution in [0.1, 0.15) is 29.8 Å². The molecule has 1 aromatic carbocycles. The Balaban J connectivity index is 2.36. The van der Waals surface area contributed by atoms with Crippen LogP contribution in [0.5, 0.6) is 11.5 Å². The molecule has 108 valence electrons. The molecule has 0 bridgehead atoms. The molecule has 1 aromatic heterocycles. The van der Waals surface area contributed by atoms with Gasteiger partial charge in [-0.25, -0.2) is 0 Å². The van der Waals surface area contributed by atoms with Gasteiger partial charge in [0.05, 0.1) is 25.1 Å². The Labute approximate surface area is 124 Å². The van der Waals surface area contributed by atoms with Crippen molar-refractivity contribution in [1.29, 1.82) is 0 Å². The fraction of sp³-hybridized carbons (Fsp3) is 0.375. The van der Waals surface area contributed by atoms with Crippen molar-refractivity contribution in [1.82, 2.24) is 5.32 Å². The zero-order valence-electron chi connectivity index (χ0n) is 12.2. The fourth-order valence-corrected chi connectivity index (χ4v) is 3.12. The number of thiophene rings is 1. The third kappa shape index (κ3) is 3.32. The van der Waals surface area contributed by atoms with E-state index in [1.807, 2.05) is 18.2 Å². The monoisotopic (exact) mass is 291 g/mol. The lowest BCUT2D eigenvalue weighted by Crippen LogP contribution is -2.22. The van der Waals surface area contributed by atoms with Gasteiger partial charge in [0.1, 0.15) is 11.5 Å². The molecule has 0 spiro atoms. The molecule has 2 rings (SSSR count). The minimum atomic E-state index is 0.139. The molecule has 1 unspecified atom stereocenters. The third-order valence-corrected chi connectivity index (χ3v) is 4.13. The first-order valence-electron chi connectivity index (χ1n) is 6.78. The summed E-state index contributed by atoms with van der Waals surface area (Å²) in [4.78, 5) is 1.20. The van der Waals surface area contributed by atoms with Gasteiger partial charge in [-0.2, -0.15) is 0 Å². The van der Waals surface area contributed by atoms with E-state index in [1.54, 1.807) is 25.6 Å². The fourth-order valence-electron chi connectivity index (χ4n) is 2.16. The molecule has 2 aromatic rings. The molecule has 0 saturated heterocycles. The summed E-state index contributed by atoms with van der Waals surface area (Å²) in [6.45, 7) is 3.13. The minimum absolute atomic E-state index is 0.139. The second-order valence-electron chi connectivity index (χ2n) is 4.52. The maximum absolute atomic E-state index is 5.46. The van der Waals surface area contributed by atoms with Gasteiger partial charge >= 0.3 is 0 Å². The van der Waals surface area contributed by atoms with E-state index in [4.69, 9.17) is 9.47 Å². The first kappa shape index (κ1) is 14.9. The second-order valence-corrected chi connectivity index (χ2v) is 5.46. The van der Waals surface area contributed by atoms with Crippen molar-refractivity contribution in [3.05, 3.63) is 46.2 Å². The predicted octanol–water partition coefficient (Wildman–Crippen LogP) is 3.85. The van der Waals surface area contributed by atoms with Gasteiger partial charge in [-0.3, -0.25) is 0 Å². The van der Waals surface area contributed by atoms with Crippen LogP contribution in [-0.2, 0) is 0 Å². The highest BCUT2D eigenvalue weighted by atomic mass is 32.1. The number of nitrogens with one attached hydrogen (secondary N) is 1. The Hall–Kier alpha value is -1.52. The van der Waals surface area contributed by atoms with Crippen LogP contribution in [0.15, 0.2) is 35.7 Å². The van der Waals surface area contributed by atoms with E-state index < -0.39 is 0 Å². The normalized spacial score (nSPS) is 12.2. The van der Waals surface area contributed by atoms with Crippen molar-refractivity contribution in [2.24, 2.45) is 0 Å². The van der Waals surface area contributed by atoms with E-state index in [0.29, 0.717) is 0 Å². The molecular formula is C16H21NO2S. The molecule has 0 amide bonds. The minimum Gasteiger partial charge on any atom is -0.497 e. The average Bonchev–Trinajstić information content (AvgIpc) is 2.96. The highest BCUT2D eigenvalue weighted by Crippen LogP contribution is 2.35. The zero-order chi connectivity index (χ0) is 14.4. The van der Waals surface area contributed by atoms with Crippen molar-refractivity contribution in [2.45, 2.75) is 19.4 Å². The Bertz CT molecular complexity index is 539. The van der Waals surface area contributed by atoms with E-state index in [2.05, 4.69) is 29.8 Å². The molecule has 0 saturated carbocycles. The van der Waals surface area contributed by atoms with E-state index >= 15 is 0 Å². The number of hydrogen-bond donors (Lipinski definition) is 1. The van der Waals surface area contributed by atoms with Crippen LogP contribution in [0.4, 0.5) is 0 Å². The van der Waals surface area contributed by atoms with Crippen molar-refractivity contribution < 1.29 is 9.47 Å². The number of methoxy groups -OCH3 is 2. The first-order valence-corrected chi connectivity index (χ1v) is 7.66. The molecule has 1 heterocycles. The Morgan fingerprint density at radius 1 is 1.20 bits per heavy atom. The van der Waals surface area contributed by atoms with Crippen molar-refractivity contribution in [3.63, 3.8) is 0 Å². The van der Waals surface area contributed by atoms with E-state index in [0.717, 1.165) is 24.5 Å². The molecule has 0 radical (unpaired) electrons. The van der Waals surface area contributed by atoms with E-state index in [1.165, 1.54) is 10.4 Å². The highest BCUT2D eigenvalue weighted by Gasteiger charge is 2.19. The van der Waals surface area contributed by atoms with Crippen LogP contribution in [0.25, 0.3) is 0 Å². The summed E-state index contributed by atoms with van der Waals surface area (Å²) in [6, 6.07) is 10.3. The Morgan fingerprint density at radius 3 is 2.75 bits per heavy atom. The van der Waals surface area contributed by atoms with Crippen LogP contribution < -0.4 is 14.8 Å². The largest absolute Gasteiger partial charge is 0.497 e. The molecule has 0 aliphatic carbocycles. The molecular weight excluding hydrogens is 270 g/mol. The Morgan fingerprint density at radius 2 is 2.05 bits per heavy atom. The standard InChI is InChI=1S/C16H21NO2S/c1-4-9-17-15(16-14(19-3)8-10-20-16)12-6-5-7-13(11-12)18-2/h5-8,10-11,15,17H,4,9H2,1-3H3. The smallest absolute Gasteiger partial charge is 0.134 e. The lowest BCUT2D eigenvalue weighted by molar-refractivity contribution is 0.405. The van der Waals surface area contributed by atoms with Crippen LogP contribution in [0.3, 0.4) is 0 Å². The SMILES string of the molecule is CCCNC(c1cccc(OC)c1)c1sccc1OC. The molecule has 1 atom stereocenters. The maximum Gasteiger partial charge on any atom is 0.134 e. The van der Waals surface area contributed by atoms with Crippen LogP contribution >= 0.6 is 11.3 Å². The van der Waals surface area contributed by atoms with E-state index in [-0.39, 0.29) is 6.04 Å². The summed E-state index contributed by atoms with van der Waals surface area (Å²) in [5.41, 5.74) is 1.19. The van der Waals surface area contributed by atoms with Gasteiger partial charge < -0.3 is 14.8 Å². The summed E-state index contributed by atoms with van der Waals surface area (Å²) in [5, 5.41) is 5.65. The van der Waals surface area contributed by atoms with Gasteiger partial charge in [-0.15, -0.1) is 11.3 Å². The van der Waals surface area contributed by atoms with Gasteiger partial charge in [-0.05, 0) is 42.1 Å². The zero-order valence-corrected chi connectivity index (χ0v) is 13.0. The van der Waals surface area contributed by atoms with Crippen molar-refractivity contribution >= 4 is 11.3 Å². The molecule has 0 aliphatic heterocycles. The van der Waals surface area contributed by atoms with Gasteiger partial charge in [0.2, 0.25) is 0 Å². The molecule has 0 aliphatic rings. The molecule has 4 heteroatoms. The third-order valence-electron chi connectivity index (χ3n) is 3.16. The number of benzene rings is 1. The molecule has 20 heavy (non-hydrogen) atoms. The average molecular weight is 291 g/mol. The Kier molecular flexibility index (Phi) is 5.44. The van der Waals surface area contributed by atoms with Gasteiger partial charge in [0.25, 0.3) is 0 Å². The van der Waals surface area contributed by atoms with Crippen LogP contribution in [0.2, 0.25) is 0 Å². The second kappa shape index (κ2) is 7.31. The van der Waals surface area contributed by atoms with E-state index in [9.17, 15) is 0 Å². The summed E-state index contributed by atoms with van der Waals surface area (Å²) < 4.78 is 10.8. The van der Waals surface area contributed by atoms with Crippen LogP contribution in [0, 0.1) is 0 Å². The van der Waals surface area contributed by atoms with Gasteiger partial charge in [0, 0.05) is 0 Å². The topological polar surface area (TPSA) is 30.5 Å². The number of ether oxygens (including phenoxy) is 2. The maximum atomic E-state index is 5.46. The molecule has 0 fully saturated rings.